The van der Waals surface area contributed by atoms with Gasteiger partial charge < -0.3 is 15.8 Å². The Morgan fingerprint density at radius 1 is 1.37 bits per heavy atom. The molecule has 3 N–H and O–H groups in total. The number of halogens is 1. The van der Waals surface area contributed by atoms with Crippen LogP contribution in [0.2, 0.25) is 0 Å². The molecule has 104 valence electrons. The van der Waals surface area contributed by atoms with Crippen LogP contribution in [0.15, 0.2) is 18.2 Å². The van der Waals surface area contributed by atoms with Crippen molar-refractivity contribution in [2.45, 2.75) is 38.2 Å². The standard InChI is InChI=1S/C14H19FN2O2/c15-10-6-7-12(16)13(8-10)17-14(18)9-19-11-4-2-1-3-5-11/h6-8,11H,1-5,9,16H2,(H,17,18). The van der Waals surface area contributed by atoms with E-state index in [0.717, 1.165) is 25.7 Å². The third kappa shape index (κ3) is 4.21. The lowest BCUT2D eigenvalue weighted by atomic mass is 9.98. The molecule has 1 aliphatic carbocycles. The van der Waals surface area contributed by atoms with Gasteiger partial charge in [-0.25, -0.2) is 4.39 Å². The average molecular weight is 266 g/mol. The van der Waals surface area contributed by atoms with Crippen LogP contribution in [0.1, 0.15) is 32.1 Å². The molecule has 1 aromatic rings. The first-order valence-corrected chi connectivity index (χ1v) is 6.61. The van der Waals surface area contributed by atoms with Crippen molar-refractivity contribution in [1.82, 2.24) is 0 Å². The summed E-state index contributed by atoms with van der Waals surface area (Å²) in [6.45, 7) is -0.0133. The van der Waals surface area contributed by atoms with Crippen LogP contribution in [0.5, 0.6) is 0 Å². The molecule has 0 unspecified atom stereocenters. The van der Waals surface area contributed by atoms with Gasteiger partial charge in [-0.2, -0.15) is 0 Å². The number of amides is 1. The number of nitrogens with one attached hydrogen (secondary N) is 1. The molecular formula is C14H19FN2O2. The van der Waals surface area contributed by atoms with Crippen molar-refractivity contribution in [2.24, 2.45) is 0 Å². The fraction of sp³-hybridized carbons (Fsp3) is 0.500. The number of carbonyl (C=O) groups excluding carboxylic acids is 1. The van der Waals surface area contributed by atoms with Crippen LogP contribution in [-0.4, -0.2) is 18.6 Å². The summed E-state index contributed by atoms with van der Waals surface area (Å²) in [5.41, 5.74) is 6.28. The van der Waals surface area contributed by atoms with E-state index in [1.807, 2.05) is 0 Å². The minimum Gasteiger partial charge on any atom is -0.397 e. The molecule has 1 saturated carbocycles. The topological polar surface area (TPSA) is 64.3 Å². The number of nitrogen functional groups attached to an aromatic ring is 1. The van der Waals surface area contributed by atoms with E-state index in [4.69, 9.17) is 10.5 Å². The number of nitrogens with two attached hydrogens (primary N) is 1. The number of hydrogen-bond acceptors (Lipinski definition) is 3. The molecule has 0 heterocycles. The number of rotatable bonds is 4. The summed E-state index contributed by atoms with van der Waals surface area (Å²) in [5, 5.41) is 2.56. The van der Waals surface area contributed by atoms with Gasteiger partial charge >= 0.3 is 0 Å². The summed E-state index contributed by atoms with van der Waals surface area (Å²) in [5.74, 6) is -0.736. The first-order chi connectivity index (χ1) is 9.15. The van der Waals surface area contributed by atoms with Gasteiger partial charge in [-0.15, -0.1) is 0 Å². The van der Waals surface area contributed by atoms with Crippen LogP contribution in [0, 0.1) is 5.82 Å². The van der Waals surface area contributed by atoms with Gasteiger partial charge in [0.05, 0.1) is 17.5 Å². The van der Waals surface area contributed by atoms with Crippen LogP contribution in [0.25, 0.3) is 0 Å². The molecule has 0 saturated heterocycles. The van der Waals surface area contributed by atoms with Gasteiger partial charge in [0, 0.05) is 0 Å². The third-order valence-electron chi connectivity index (χ3n) is 3.29. The lowest BCUT2D eigenvalue weighted by Crippen LogP contribution is -2.25. The van der Waals surface area contributed by atoms with Gasteiger partial charge in [-0.05, 0) is 31.0 Å². The van der Waals surface area contributed by atoms with Crippen molar-refractivity contribution < 1.29 is 13.9 Å². The van der Waals surface area contributed by atoms with E-state index in [9.17, 15) is 9.18 Å². The maximum absolute atomic E-state index is 13.0. The van der Waals surface area contributed by atoms with Gasteiger partial charge in [-0.3, -0.25) is 4.79 Å². The van der Waals surface area contributed by atoms with Gasteiger partial charge in [0.25, 0.3) is 0 Å². The maximum atomic E-state index is 13.0. The van der Waals surface area contributed by atoms with Crippen molar-refractivity contribution >= 4 is 17.3 Å². The first kappa shape index (κ1) is 13.8. The number of ether oxygens (including phenoxy) is 1. The summed E-state index contributed by atoms with van der Waals surface area (Å²) < 4.78 is 18.6. The molecule has 0 radical (unpaired) electrons. The Kier molecular flexibility index (Phi) is 4.74. The molecule has 0 spiro atoms. The minimum absolute atomic E-state index is 0.0133. The van der Waals surface area contributed by atoms with Crippen molar-refractivity contribution in [3.63, 3.8) is 0 Å². The zero-order valence-corrected chi connectivity index (χ0v) is 10.8. The molecule has 1 aliphatic rings. The van der Waals surface area contributed by atoms with Gasteiger partial charge in [0.1, 0.15) is 12.4 Å². The monoisotopic (exact) mass is 266 g/mol. The van der Waals surface area contributed by atoms with E-state index < -0.39 is 5.82 Å². The number of benzene rings is 1. The zero-order valence-electron chi connectivity index (χ0n) is 10.8. The first-order valence-electron chi connectivity index (χ1n) is 6.61. The molecule has 1 amide bonds. The normalized spacial score (nSPS) is 16.3. The summed E-state index contributed by atoms with van der Waals surface area (Å²) in [6, 6.07) is 3.88. The predicted molar refractivity (Wildman–Crippen MR) is 72.3 cm³/mol. The van der Waals surface area contributed by atoms with E-state index >= 15 is 0 Å². The van der Waals surface area contributed by atoms with Crippen molar-refractivity contribution in [1.29, 1.82) is 0 Å². The second kappa shape index (κ2) is 6.52. The highest BCUT2D eigenvalue weighted by molar-refractivity contribution is 5.94. The second-order valence-corrected chi connectivity index (χ2v) is 4.85. The Hall–Kier alpha value is -1.62. The van der Waals surface area contributed by atoms with E-state index in [1.54, 1.807) is 0 Å². The molecule has 5 heteroatoms. The largest absolute Gasteiger partial charge is 0.397 e. The predicted octanol–water partition coefficient (Wildman–Crippen LogP) is 2.70. The summed E-state index contributed by atoms with van der Waals surface area (Å²) in [7, 11) is 0. The highest BCUT2D eigenvalue weighted by atomic mass is 19.1. The number of hydrogen-bond donors (Lipinski definition) is 2. The highest BCUT2D eigenvalue weighted by Gasteiger charge is 2.15. The summed E-state index contributed by atoms with van der Waals surface area (Å²) in [4.78, 5) is 11.7. The fourth-order valence-corrected chi connectivity index (χ4v) is 2.25. The molecule has 1 fully saturated rings. The Bertz CT molecular complexity index is 445. The molecule has 0 atom stereocenters. The summed E-state index contributed by atoms with van der Waals surface area (Å²) in [6.07, 6.45) is 5.74. The Balaban J connectivity index is 1.81. The van der Waals surface area contributed by atoms with Crippen molar-refractivity contribution in [3.05, 3.63) is 24.0 Å². The van der Waals surface area contributed by atoms with Crippen LogP contribution >= 0.6 is 0 Å². The number of anilines is 2. The smallest absolute Gasteiger partial charge is 0.250 e. The van der Waals surface area contributed by atoms with Crippen molar-refractivity contribution in [2.75, 3.05) is 17.7 Å². The van der Waals surface area contributed by atoms with Crippen LogP contribution in [0.4, 0.5) is 15.8 Å². The Labute approximate surface area is 112 Å². The minimum atomic E-state index is -0.433. The molecular weight excluding hydrogens is 247 g/mol. The zero-order chi connectivity index (χ0) is 13.7. The SMILES string of the molecule is Nc1ccc(F)cc1NC(=O)COC1CCCCC1. The van der Waals surface area contributed by atoms with E-state index in [2.05, 4.69) is 5.32 Å². The van der Waals surface area contributed by atoms with E-state index in [-0.39, 0.29) is 24.3 Å². The van der Waals surface area contributed by atoms with Gasteiger partial charge in [0.15, 0.2) is 0 Å². The van der Waals surface area contributed by atoms with Gasteiger partial charge in [0.2, 0.25) is 5.91 Å². The van der Waals surface area contributed by atoms with Crippen LogP contribution < -0.4 is 11.1 Å². The molecule has 19 heavy (non-hydrogen) atoms. The summed E-state index contributed by atoms with van der Waals surface area (Å²) >= 11 is 0. The lowest BCUT2D eigenvalue weighted by molar-refractivity contribution is -0.123. The fourth-order valence-electron chi connectivity index (χ4n) is 2.25. The molecule has 0 aliphatic heterocycles. The second-order valence-electron chi connectivity index (χ2n) is 4.85. The average Bonchev–Trinajstić information content (AvgIpc) is 2.42. The Morgan fingerprint density at radius 3 is 2.84 bits per heavy atom. The molecule has 0 bridgehead atoms. The molecule has 4 nitrogen and oxygen atoms in total. The van der Waals surface area contributed by atoms with E-state index in [1.165, 1.54) is 24.6 Å². The van der Waals surface area contributed by atoms with Crippen molar-refractivity contribution in [3.8, 4) is 0 Å². The van der Waals surface area contributed by atoms with Crippen LogP contribution in [-0.2, 0) is 9.53 Å². The molecule has 1 aromatic carbocycles. The molecule has 2 rings (SSSR count). The lowest BCUT2D eigenvalue weighted by Gasteiger charge is -2.21. The van der Waals surface area contributed by atoms with Gasteiger partial charge in [-0.1, -0.05) is 19.3 Å². The number of carbonyl (C=O) groups is 1. The highest BCUT2D eigenvalue weighted by Crippen LogP contribution is 2.21. The van der Waals surface area contributed by atoms with E-state index in [0.29, 0.717) is 5.69 Å². The Morgan fingerprint density at radius 2 is 2.11 bits per heavy atom. The quantitative estimate of drug-likeness (QED) is 0.823. The van der Waals surface area contributed by atoms with Crippen LogP contribution in [0.3, 0.4) is 0 Å². The maximum Gasteiger partial charge on any atom is 0.250 e. The third-order valence-corrected chi connectivity index (χ3v) is 3.29. The molecule has 0 aromatic heterocycles.